The first-order valence-corrected chi connectivity index (χ1v) is 3.97. The summed E-state index contributed by atoms with van der Waals surface area (Å²) in [5.41, 5.74) is 5.72. The summed E-state index contributed by atoms with van der Waals surface area (Å²) in [6.45, 7) is 2.56. The van der Waals surface area contributed by atoms with Gasteiger partial charge in [0.25, 0.3) is 5.56 Å². The smallest absolute Gasteiger partial charge is 0.285 e. The quantitative estimate of drug-likeness (QED) is 0.718. The summed E-state index contributed by atoms with van der Waals surface area (Å²) in [6, 6.07) is 1.54. The van der Waals surface area contributed by atoms with E-state index in [-0.39, 0.29) is 10.6 Å². The largest absolute Gasteiger partial charge is 0.329 e. The lowest BCUT2D eigenvalue weighted by atomic mass is 10.4. The lowest BCUT2D eigenvalue weighted by Gasteiger charge is -2.03. The predicted octanol–water partition coefficient (Wildman–Crippen LogP) is 0.164. The van der Waals surface area contributed by atoms with Gasteiger partial charge in [-0.25, -0.2) is 4.68 Å². The molecule has 12 heavy (non-hydrogen) atoms. The van der Waals surface area contributed by atoms with Gasteiger partial charge in [-0.2, -0.15) is 5.10 Å². The van der Waals surface area contributed by atoms with Crippen LogP contribution >= 0.6 is 11.6 Å². The number of nitrogens with two attached hydrogens (primary N) is 1. The number of nitrogens with zero attached hydrogens (tertiary/aromatic N) is 2. The van der Waals surface area contributed by atoms with Crippen LogP contribution < -0.4 is 11.3 Å². The van der Waals surface area contributed by atoms with E-state index in [4.69, 9.17) is 17.3 Å². The number of hydrogen-bond acceptors (Lipinski definition) is 3. The molecule has 1 aromatic heterocycles. The van der Waals surface area contributed by atoms with Crippen LogP contribution in [-0.2, 0) is 6.54 Å². The first-order valence-electron chi connectivity index (χ1n) is 3.59. The fraction of sp³-hybridized carbons (Fsp3) is 0.429. The first kappa shape index (κ1) is 9.22. The van der Waals surface area contributed by atoms with E-state index in [1.807, 2.05) is 0 Å². The molecule has 0 amide bonds. The predicted molar refractivity (Wildman–Crippen MR) is 47.3 cm³/mol. The minimum atomic E-state index is -0.285. The van der Waals surface area contributed by atoms with Gasteiger partial charge in [0, 0.05) is 6.54 Å². The van der Waals surface area contributed by atoms with Crippen LogP contribution in [0.4, 0.5) is 0 Å². The Hall–Kier alpha value is -0.870. The maximum atomic E-state index is 11.2. The van der Waals surface area contributed by atoms with E-state index in [2.05, 4.69) is 5.10 Å². The molecule has 5 heteroatoms. The van der Waals surface area contributed by atoms with Gasteiger partial charge in [0.15, 0.2) is 0 Å². The van der Waals surface area contributed by atoms with Gasteiger partial charge >= 0.3 is 0 Å². The standard InChI is InChI=1S/C7H10ClN3O/c1-5-4-6(8)7(12)11(10-5)3-2-9/h4H,2-3,9H2,1H3. The average Bonchev–Trinajstić information content (AvgIpc) is 2.00. The molecule has 4 nitrogen and oxygen atoms in total. The minimum Gasteiger partial charge on any atom is -0.329 e. The summed E-state index contributed by atoms with van der Waals surface area (Å²) in [6.07, 6.45) is 0. The fourth-order valence-electron chi connectivity index (χ4n) is 0.907. The van der Waals surface area contributed by atoms with E-state index in [0.29, 0.717) is 18.8 Å². The highest BCUT2D eigenvalue weighted by molar-refractivity contribution is 6.30. The fourth-order valence-corrected chi connectivity index (χ4v) is 1.16. The van der Waals surface area contributed by atoms with Gasteiger partial charge in [-0.15, -0.1) is 0 Å². The van der Waals surface area contributed by atoms with E-state index in [1.165, 1.54) is 10.7 Å². The Bertz CT molecular complexity index is 334. The molecule has 0 unspecified atom stereocenters. The maximum absolute atomic E-state index is 11.2. The molecule has 0 aromatic carbocycles. The van der Waals surface area contributed by atoms with Gasteiger partial charge in [-0.05, 0) is 13.0 Å². The van der Waals surface area contributed by atoms with Crippen molar-refractivity contribution in [2.24, 2.45) is 5.73 Å². The summed E-state index contributed by atoms with van der Waals surface area (Å²) >= 11 is 5.64. The third-order valence-corrected chi connectivity index (χ3v) is 1.66. The van der Waals surface area contributed by atoms with Crippen molar-refractivity contribution in [3.8, 4) is 0 Å². The van der Waals surface area contributed by atoms with Crippen LogP contribution in [0.3, 0.4) is 0 Å². The highest BCUT2D eigenvalue weighted by Gasteiger charge is 2.02. The van der Waals surface area contributed by atoms with Gasteiger partial charge in [0.05, 0.1) is 12.2 Å². The molecule has 1 rings (SSSR count). The second-order valence-electron chi connectivity index (χ2n) is 2.45. The second-order valence-corrected chi connectivity index (χ2v) is 2.86. The number of rotatable bonds is 2. The van der Waals surface area contributed by atoms with Gasteiger partial charge in [0.2, 0.25) is 0 Å². The third-order valence-electron chi connectivity index (χ3n) is 1.39. The molecule has 0 aliphatic rings. The van der Waals surface area contributed by atoms with E-state index >= 15 is 0 Å². The molecule has 0 aliphatic heterocycles. The number of aryl methyl sites for hydroxylation is 1. The molecule has 0 bridgehead atoms. The van der Waals surface area contributed by atoms with Crippen LogP contribution in [0.25, 0.3) is 0 Å². The van der Waals surface area contributed by atoms with Crippen molar-refractivity contribution in [2.45, 2.75) is 13.5 Å². The Labute approximate surface area is 74.9 Å². The Balaban J connectivity index is 3.19. The molecule has 0 saturated carbocycles. The Morgan fingerprint density at radius 1 is 1.75 bits per heavy atom. The van der Waals surface area contributed by atoms with Crippen molar-refractivity contribution >= 4 is 11.6 Å². The molecular weight excluding hydrogens is 178 g/mol. The molecule has 0 atom stereocenters. The van der Waals surface area contributed by atoms with Crippen LogP contribution in [0.15, 0.2) is 10.9 Å². The number of hydrogen-bond donors (Lipinski definition) is 1. The zero-order valence-corrected chi connectivity index (χ0v) is 7.51. The summed E-state index contributed by atoms with van der Waals surface area (Å²) in [5, 5.41) is 4.15. The monoisotopic (exact) mass is 187 g/mol. The van der Waals surface area contributed by atoms with Crippen molar-refractivity contribution in [3.63, 3.8) is 0 Å². The van der Waals surface area contributed by atoms with Gasteiger partial charge in [0.1, 0.15) is 5.02 Å². The molecule has 2 N–H and O–H groups in total. The normalized spacial score (nSPS) is 10.2. The van der Waals surface area contributed by atoms with E-state index in [0.717, 1.165) is 0 Å². The van der Waals surface area contributed by atoms with E-state index < -0.39 is 0 Å². The Kier molecular flexibility index (Phi) is 2.83. The zero-order valence-electron chi connectivity index (χ0n) is 6.75. The first-order chi connectivity index (χ1) is 5.65. The van der Waals surface area contributed by atoms with Crippen molar-refractivity contribution < 1.29 is 0 Å². The topological polar surface area (TPSA) is 60.9 Å². The lowest BCUT2D eigenvalue weighted by molar-refractivity contribution is 0.579. The minimum absolute atomic E-state index is 0.191. The van der Waals surface area contributed by atoms with Crippen LogP contribution in [0.1, 0.15) is 5.69 Å². The summed E-state index contributed by atoms with van der Waals surface area (Å²) in [5.74, 6) is 0. The van der Waals surface area contributed by atoms with Crippen LogP contribution in [0.2, 0.25) is 5.02 Å². The molecular formula is C7H10ClN3O. The summed E-state index contributed by atoms with van der Waals surface area (Å²) in [4.78, 5) is 11.2. The molecule has 0 fully saturated rings. The van der Waals surface area contributed by atoms with Crippen LogP contribution in [0, 0.1) is 6.92 Å². The molecule has 0 radical (unpaired) electrons. The summed E-state index contributed by atoms with van der Waals surface area (Å²) < 4.78 is 1.28. The SMILES string of the molecule is Cc1cc(Cl)c(=O)n(CCN)n1. The number of halogens is 1. The molecule has 0 saturated heterocycles. The van der Waals surface area contributed by atoms with Gasteiger partial charge in [-0.1, -0.05) is 11.6 Å². The van der Waals surface area contributed by atoms with Gasteiger partial charge < -0.3 is 5.73 Å². The summed E-state index contributed by atoms with van der Waals surface area (Å²) in [7, 11) is 0. The molecule has 1 aromatic rings. The van der Waals surface area contributed by atoms with Crippen molar-refractivity contribution in [1.82, 2.24) is 9.78 Å². The molecule has 1 heterocycles. The lowest BCUT2D eigenvalue weighted by Crippen LogP contribution is -2.27. The van der Waals surface area contributed by atoms with Gasteiger partial charge in [-0.3, -0.25) is 4.79 Å². The molecule has 66 valence electrons. The van der Waals surface area contributed by atoms with Crippen LogP contribution in [0.5, 0.6) is 0 Å². The van der Waals surface area contributed by atoms with Crippen LogP contribution in [-0.4, -0.2) is 16.3 Å². The highest BCUT2D eigenvalue weighted by Crippen LogP contribution is 2.00. The Morgan fingerprint density at radius 3 is 3.00 bits per heavy atom. The Morgan fingerprint density at radius 2 is 2.42 bits per heavy atom. The molecule has 0 spiro atoms. The maximum Gasteiger partial charge on any atom is 0.285 e. The zero-order chi connectivity index (χ0) is 9.14. The van der Waals surface area contributed by atoms with Crippen molar-refractivity contribution in [3.05, 3.63) is 27.1 Å². The number of aromatic nitrogens is 2. The average molecular weight is 188 g/mol. The van der Waals surface area contributed by atoms with E-state index in [1.54, 1.807) is 6.92 Å². The molecule has 0 aliphatic carbocycles. The third kappa shape index (κ3) is 1.84. The van der Waals surface area contributed by atoms with Crippen molar-refractivity contribution in [1.29, 1.82) is 0 Å². The van der Waals surface area contributed by atoms with E-state index in [9.17, 15) is 4.79 Å². The second kappa shape index (κ2) is 3.69. The van der Waals surface area contributed by atoms with Crippen molar-refractivity contribution in [2.75, 3.05) is 6.54 Å². The highest BCUT2D eigenvalue weighted by atomic mass is 35.5.